The second-order valence-electron chi connectivity index (χ2n) is 3.84. The van der Waals surface area contributed by atoms with Gasteiger partial charge in [-0.05, 0) is 37.0 Å². The van der Waals surface area contributed by atoms with E-state index in [0.29, 0.717) is 6.54 Å². The lowest BCUT2D eigenvalue weighted by Gasteiger charge is -2.14. The predicted molar refractivity (Wildman–Crippen MR) is 69.7 cm³/mol. The molecule has 5 heteroatoms. The summed E-state index contributed by atoms with van der Waals surface area (Å²) < 4.78 is 9.22. The fourth-order valence-electron chi connectivity index (χ4n) is 1.78. The van der Waals surface area contributed by atoms with E-state index in [-0.39, 0.29) is 0 Å². The number of methoxy groups -OCH3 is 1. The molecule has 0 amide bonds. The third kappa shape index (κ3) is 2.55. The molecular weight excluding hydrogens is 234 g/mol. The molecule has 0 atom stereocenters. The van der Waals surface area contributed by atoms with Crippen LogP contribution in [0.15, 0.2) is 17.5 Å². The van der Waals surface area contributed by atoms with Gasteiger partial charge < -0.3 is 10.1 Å². The van der Waals surface area contributed by atoms with E-state index in [4.69, 9.17) is 4.74 Å². The van der Waals surface area contributed by atoms with Crippen molar-refractivity contribution >= 4 is 17.2 Å². The minimum absolute atomic E-state index is 0.684. The van der Waals surface area contributed by atoms with Crippen LogP contribution in [0.1, 0.15) is 16.8 Å². The second-order valence-corrected chi connectivity index (χ2v) is 4.45. The Kier molecular flexibility index (Phi) is 3.58. The van der Waals surface area contributed by atoms with E-state index in [1.54, 1.807) is 7.11 Å². The molecule has 0 aliphatic heterocycles. The van der Waals surface area contributed by atoms with E-state index < -0.39 is 0 Å². The van der Waals surface area contributed by atoms with Crippen LogP contribution in [0.4, 0.5) is 5.69 Å². The molecule has 0 fully saturated rings. The molecule has 1 N–H and O–H groups in total. The molecule has 0 spiro atoms. The topological polar surface area (TPSA) is 47.0 Å². The number of anilines is 1. The number of ether oxygens (including phenoxy) is 1. The van der Waals surface area contributed by atoms with Gasteiger partial charge in [-0.15, -0.1) is 5.10 Å². The molecule has 1 aromatic heterocycles. The first-order valence-electron chi connectivity index (χ1n) is 5.36. The Morgan fingerprint density at radius 1 is 1.35 bits per heavy atom. The van der Waals surface area contributed by atoms with E-state index in [2.05, 4.69) is 21.0 Å². The lowest BCUT2D eigenvalue weighted by atomic mass is 10.1. The molecular formula is C12H15N3OS. The number of nitrogens with zero attached hydrogens (tertiary/aromatic N) is 2. The number of benzene rings is 1. The Hall–Kier alpha value is -1.62. The number of hydrogen-bond donors (Lipinski definition) is 1. The summed E-state index contributed by atoms with van der Waals surface area (Å²) in [5.74, 6) is 0.936. The third-order valence-corrected chi connectivity index (χ3v) is 3.23. The first kappa shape index (κ1) is 11.9. The summed E-state index contributed by atoms with van der Waals surface area (Å²) in [5, 5.41) is 9.28. The van der Waals surface area contributed by atoms with E-state index >= 15 is 0 Å². The number of hydrogen-bond acceptors (Lipinski definition) is 5. The van der Waals surface area contributed by atoms with Gasteiger partial charge in [0.25, 0.3) is 0 Å². The van der Waals surface area contributed by atoms with Gasteiger partial charge in [-0.2, -0.15) is 0 Å². The molecule has 4 nitrogen and oxygen atoms in total. The fourth-order valence-corrected chi connectivity index (χ4v) is 2.23. The minimum Gasteiger partial charge on any atom is -0.496 e. The summed E-state index contributed by atoms with van der Waals surface area (Å²) in [7, 11) is 1.70. The lowest BCUT2D eigenvalue weighted by Crippen LogP contribution is -2.03. The maximum atomic E-state index is 5.39. The van der Waals surface area contributed by atoms with E-state index in [1.807, 2.05) is 25.3 Å². The van der Waals surface area contributed by atoms with Crippen molar-refractivity contribution in [2.24, 2.45) is 0 Å². The lowest BCUT2D eigenvalue weighted by molar-refractivity contribution is 0.409. The average molecular weight is 249 g/mol. The molecule has 1 heterocycles. The van der Waals surface area contributed by atoms with Crippen LogP contribution >= 0.6 is 11.5 Å². The zero-order chi connectivity index (χ0) is 12.3. The molecule has 0 aliphatic carbocycles. The molecule has 1 aromatic carbocycles. The summed E-state index contributed by atoms with van der Waals surface area (Å²) in [4.78, 5) is 0. The van der Waals surface area contributed by atoms with Crippen LogP contribution in [0.3, 0.4) is 0 Å². The zero-order valence-corrected chi connectivity index (χ0v) is 11.0. The van der Waals surface area contributed by atoms with Gasteiger partial charge in [-0.1, -0.05) is 10.6 Å². The summed E-state index contributed by atoms with van der Waals surface area (Å²) in [6.45, 7) is 4.77. The average Bonchev–Trinajstić information content (AvgIpc) is 2.82. The summed E-state index contributed by atoms with van der Waals surface area (Å²) in [6.07, 6.45) is 0. The first-order chi connectivity index (χ1) is 8.22. The molecule has 0 unspecified atom stereocenters. The highest BCUT2D eigenvalue weighted by Gasteiger charge is 2.07. The van der Waals surface area contributed by atoms with Crippen molar-refractivity contribution in [1.82, 2.24) is 9.59 Å². The molecule has 0 saturated carbocycles. The van der Waals surface area contributed by atoms with Crippen molar-refractivity contribution in [1.29, 1.82) is 0 Å². The van der Waals surface area contributed by atoms with Gasteiger partial charge in [0.1, 0.15) is 5.75 Å². The molecule has 0 aliphatic rings. The fraction of sp³-hybridized carbons (Fsp3) is 0.333. The molecule has 0 bridgehead atoms. The van der Waals surface area contributed by atoms with E-state index in [9.17, 15) is 0 Å². The third-order valence-electron chi connectivity index (χ3n) is 2.67. The van der Waals surface area contributed by atoms with Crippen molar-refractivity contribution in [2.45, 2.75) is 20.4 Å². The van der Waals surface area contributed by atoms with Gasteiger partial charge in [0.05, 0.1) is 19.3 Å². The highest BCUT2D eigenvalue weighted by atomic mass is 32.1. The summed E-state index contributed by atoms with van der Waals surface area (Å²) >= 11 is 1.36. The van der Waals surface area contributed by atoms with Crippen LogP contribution in [0.2, 0.25) is 0 Å². The van der Waals surface area contributed by atoms with Crippen molar-refractivity contribution in [2.75, 3.05) is 12.4 Å². The Morgan fingerprint density at radius 2 is 2.18 bits per heavy atom. The van der Waals surface area contributed by atoms with E-state index in [0.717, 1.165) is 28.3 Å². The van der Waals surface area contributed by atoms with Crippen molar-refractivity contribution < 1.29 is 4.74 Å². The molecule has 0 saturated heterocycles. The second kappa shape index (κ2) is 5.14. The minimum atomic E-state index is 0.684. The van der Waals surface area contributed by atoms with Gasteiger partial charge in [-0.3, -0.25) is 0 Å². The highest BCUT2D eigenvalue weighted by Crippen LogP contribution is 2.29. The number of nitrogens with one attached hydrogen (secondary N) is 1. The smallest absolute Gasteiger partial charge is 0.126 e. The van der Waals surface area contributed by atoms with Crippen molar-refractivity contribution in [3.63, 3.8) is 0 Å². The molecule has 0 radical (unpaired) electrons. The van der Waals surface area contributed by atoms with Gasteiger partial charge in [-0.25, -0.2) is 0 Å². The Bertz CT molecular complexity index is 497. The number of aryl methyl sites for hydroxylation is 1. The monoisotopic (exact) mass is 249 g/mol. The molecule has 2 rings (SSSR count). The van der Waals surface area contributed by atoms with Crippen molar-refractivity contribution in [3.8, 4) is 5.75 Å². The quantitative estimate of drug-likeness (QED) is 0.905. The normalized spacial score (nSPS) is 10.3. The molecule has 2 aromatic rings. The van der Waals surface area contributed by atoms with Crippen LogP contribution in [0, 0.1) is 13.8 Å². The predicted octanol–water partition coefficient (Wildman–Crippen LogP) is 2.78. The van der Waals surface area contributed by atoms with Crippen LogP contribution in [0.5, 0.6) is 5.75 Å². The molecule has 17 heavy (non-hydrogen) atoms. The number of rotatable bonds is 4. The summed E-state index contributed by atoms with van der Waals surface area (Å²) in [6, 6.07) is 4.11. The largest absolute Gasteiger partial charge is 0.496 e. The van der Waals surface area contributed by atoms with Crippen LogP contribution in [-0.2, 0) is 6.54 Å². The Morgan fingerprint density at radius 3 is 2.82 bits per heavy atom. The molecule has 90 valence electrons. The first-order valence-corrected chi connectivity index (χ1v) is 6.20. The SMILES string of the molecule is COc1c(C)ccc(NCc2csnn2)c1C. The van der Waals surface area contributed by atoms with Crippen LogP contribution in [-0.4, -0.2) is 16.7 Å². The maximum Gasteiger partial charge on any atom is 0.126 e. The summed E-state index contributed by atoms with van der Waals surface area (Å²) in [5.41, 5.74) is 4.29. The number of aromatic nitrogens is 2. The standard InChI is InChI=1S/C12H15N3OS/c1-8-4-5-11(9(2)12(8)16-3)13-6-10-7-17-15-14-10/h4-5,7,13H,6H2,1-3H3. The Balaban J connectivity index is 2.16. The zero-order valence-electron chi connectivity index (χ0n) is 10.2. The van der Waals surface area contributed by atoms with E-state index in [1.165, 1.54) is 11.5 Å². The van der Waals surface area contributed by atoms with Crippen LogP contribution in [0.25, 0.3) is 0 Å². The van der Waals surface area contributed by atoms with Crippen molar-refractivity contribution in [3.05, 3.63) is 34.3 Å². The van der Waals surface area contributed by atoms with Gasteiger partial charge in [0.15, 0.2) is 0 Å². The van der Waals surface area contributed by atoms with Gasteiger partial charge in [0, 0.05) is 16.6 Å². The maximum absolute atomic E-state index is 5.39. The highest BCUT2D eigenvalue weighted by molar-refractivity contribution is 7.03. The Labute approximate surface area is 105 Å². The van der Waals surface area contributed by atoms with Gasteiger partial charge in [0.2, 0.25) is 0 Å². The van der Waals surface area contributed by atoms with Crippen LogP contribution < -0.4 is 10.1 Å². The van der Waals surface area contributed by atoms with Gasteiger partial charge >= 0.3 is 0 Å².